The van der Waals surface area contributed by atoms with Gasteiger partial charge in [0.2, 0.25) is 0 Å². The molecule has 7 heteroatoms. The van der Waals surface area contributed by atoms with Crippen LogP contribution >= 0.6 is 11.6 Å². The predicted molar refractivity (Wildman–Crippen MR) is 105 cm³/mol. The molecular weight excluding hydrogens is 364 g/mol. The van der Waals surface area contributed by atoms with Gasteiger partial charge in [0.05, 0.1) is 12.9 Å². The topological polar surface area (TPSA) is 68.2 Å². The van der Waals surface area contributed by atoms with Gasteiger partial charge in [-0.1, -0.05) is 35.9 Å². The molecule has 0 saturated carbocycles. The summed E-state index contributed by atoms with van der Waals surface area (Å²) in [7, 11) is 0. The molecule has 2 amide bonds. The van der Waals surface area contributed by atoms with Gasteiger partial charge in [-0.15, -0.1) is 0 Å². The van der Waals surface area contributed by atoms with Crippen molar-refractivity contribution >= 4 is 17.6 Å². The van der Waals surface area contributed by atoms with Gasteiger partial charge in [0, 0.05) is 30.5 Å². The summed E-state index contributed by atoms with van der Waals surface area (Å²) in [5.41, 5.74) is 2.20. The van der Waals surface area contributed by atoms with E-state index in [1.54, 1.807) is 36.8 Å². The Morgan fingerprint density at radius 2 is 1.93 bits per heavy atom. The molecule has 2 aromatic carbocycles. The smallest absolute Gasteiger partial charge is 0.315 e. The predicted octanol–water partition coefficient (Wildman–Crippen LogP) is 3.46. The molecule has 6 nitrogen and oxygen atoms in total. The van der Waals surface area contributed by atoms with Crippen LogP contribution in [0.15, 0.2) is 67.3 Å². The lowest BCUT2D eigenvalue weighted by molar-refractivity contribution is 0.236. The number of benzene rings is 2. The van der Waals surface area contributed by atoms with Gasteiger partial charge in [-0.25, -0.2) is 9.78 Å². The second kappa shape index (κ2) is 9.64. The maximum absolute atomic E-state index is 11.9. The molecule has 0 saturated heterocycles. The minimum atomic E-state index is -0.227. The molecule has 1 aromatic heterocycles. The number of amides is 2. The Morgan fingerprint density at radius 3 is 2.70 bits per heavy atom. The number of rotatable bonds is 8. The van der Waals surface area contributed by atoms with Crippen LogP contribution in [-0.4, -0.2) is 28.7 Å². The highest BCUT2D eigenvalue weighted by molar-refractivity contribution is 6.30. The van der Waals surface area contributed by atoms with Crippen LogP contribution in [0.2, 0.25) is 5.02 Å². The zero-order valence-corrected chi connectivity index (χ0v) is 15.5. The molecule has 0 spiro atoms. The Balaban J connectivity index is 1.36. The maximum atomic E-state index is 11.9. The average molecular weight is 385 g/mol. The first-order valence-corrected chi connectivity index (χ1v) is 9.00. The number of hydrogen-bond donors (Lipinski definition) is 2. The third kappa shape index (κ3) is 6.34. The van der Waals surface area contributed by atoms with E-state index in [1.807, 2.05) is 22.9 Å². The highest BCUT2D eigenvalue weighted by Gasteiger charge is 2.02. The number of hydrogen-bond acceptors (Lipinski definition) is 3. The maximum Gasteiger partial charge on any atom is 0.315 e. The van der Waals surface area contributed by atoms with E-state index in [2.05, 4.69) is 27.8 Å². The van der Waals surface area contributed by atoms with Crippen molar-refractivity contribution in [2.45, 2.75) is 13.1 Å². The zero-order valence-electron chi connectivity index (χ0n) is 14.8. The van der Waals surface area contributed by atoms with Gasteiger partial charge in [0.1, 0.15) is 12.4 Å². The third-order valence-electron chi connectivity index (χ3n) is 3.84. The molecule has 2 N–H and O–H groups in total. The minimum absolute atomic E-state index is 0.227. The number of imidazole rings is 1. The summed E-state index contributed by atoms with van der Waals surface area (Å²) >= 11 is 5.82. The van der Waals surface area contributed by atoms with Crippen molar-refractivity contribution in [3.63, 3.8) is 0 Å². The Labute approximate surface area is 163 Å². The van der Waals surface area contributed by atoms with E-state index in [9.17, 15) is 4.79 Å². The van der Waals surface area contributed by atoms with Crippen molar-refractivity contribution in [2.75, 3.05) is 13.2 Å². The van der Waals surface area contributed by atoms with Crippen molar-refractivity contribution in [1.82, 2.24) is 20.2 Å². The molecule has 0 aliphatic carbocycles. The first-order chi connectivity index (χ1) is 13.2. The number of nitrogens with one attached hydrogen (secondary N) is 2. The second-order valence-electron chi connectivity index (χ2n) is 5.97. The van der Waals surface area contributed by atoms with Crippen molar-refractivity contribution in [3.8, 4) is 5.75 Å². The molecule has 0 radical (unpaired) electrons. The molecule has 0 unspecified atom stereocenters. The van der Waals surface area contributed by atoms with Crippen LogP contribution in [0, 0.1) is 0 Å². The monoisotopic (exact) mass is 384 g/mol. The molecule has 0 fully saturated rings. The molecule has 1 heterocycles. The molecule has 0 bridgehead atoms. The summed E-state index contributed by atoms with van der Waals surface area (Å²) < 4.78 is 7.53. The fraction of sp³-hybridized carbons (Fsp3) is 0.200. The fourth-order valence-corrected chi connectivity index (χ4v) is 2.66. The largest absolute Gasteiger partial charge is 0.492 e. The highest BCUT2D eigenvalue weighted by Crippen LogP contribution is 2.15. The van der Waals surface area contributed by atoms with Crippen molar-refractivity contribution in [2.24, 2.45) is 0 Å². The van der Waals surface area contributed by atoms with Crippen LogP contribution in [0.5, 0.6) is 5.75 Å². The molecule has 27 heavy (non-hydrogen) atoms. The summed E-state index contributed by atoms with van der Waals surface area (Å²) in [6.45, 7) is 2.01. The van der Waals surface area contributed by atoms with Gasteiger partial charge >= 0.3 is 6.03 Å². The van der Waals surface area contributed by atoms with Gasteiger partial charge in [-0.2, -0.15) is 0 Å². The zero-order chi connectivity index (χ0) is 18.9. The number of urea groups is 1. The van der Waals surface area contributed by atoms with Gasteiger partial charge in [-0.3, -0.25) is 0 Å². The summed E-state index contributed by atoms with van der Waals surface area (Å²) in [4.78, 5) is 15.9. The Bertz CT molecular complexity index is 851. The quantitative estimate of drug-likeness (QED) is 0.584. The first kappa shape index (κ1) is 18.8. The standard InChI is InChI=1S/C20H21ClN4O2/c21-18-4-6-19(7-5-18)27-11-9-23-20(26)24-13-16-2-1-3-17(12-16)14-25-10-8-22-15-25/h1-8,10,12,15H,9,11,13-14H2,(H2,23,24,26). The van der Waals surface area contributed by atoms with Crippen molar-refractivity contribution in [3.05, 3.63) is 83.4 Å². The van der Waals surface area contributed by atoms with Crippen LogP contribution in [0.4, 0.5) is 4.79 Å². The van der Waals surface area contributed by atoms with Crippen LogP contribution in [-0.2, 0) is 13.1 Å². The first-order valence-electron chi connectivity index (χ1n) is 8.63. The molecule has 0 atom stereocenters. The lowest BCUT2D eigenvalue weighted by atomic mass is 10.1. The number of carbonyl (C=O) groups excluding carboxylic acids is 1. The summed E-state index contributed by atoms with van der Waals surface area (Å²) in [6, 6.07) is 15.0. The van der Waals surface area contributed by atoms with E-state index in [0.717, 1.165) is 23.4 Å². The third-order valence-corrected chi connectivity index (χ3v) is 4.09. The molecule has 0 aliphatic heterocycles. The fourth-order valence-electron chi connectivity index (χ4n) is 2.54. The summed E-state index contributed by atoms with van der Waals surface area (Å²) in [5.74, 6) is 0.719. The van der Waals surface area contributed by atoms with Crippen molar-refractivity contribution in [1.29, 1.82) is 0 Å². The lowest BCUT2D eigenvalue weighted by Gasteiger charge is -2.10. The highest BCUT2D eigenvalue weighted by atomic mass is 35.5. The van der Waals surface area contributed by atoms with E-state index >= 15 is 0 Å². The van der Waals surface area contributed by atoms with Crippen LogP contribution < -0.4 is 15.4 Å². The molecule has 140 valence electrons. The van der Waals surface area contributed by atoms with E-state index in [-0.39, 0.29) is 6.03 Å². The second-order valence-corrected chi connectivity index (χ2v) is 6.40. The van der Waals surface area contributed by atoms with Crippen LogP contribution in [0.3, 0.4) is 0 Å². The van der Waals surface area contributed by atoms with Gasteiger partial charge in [-0.05, 0) is 35.4 Å². The number of aromatic nitrogens is 2. The van der Waals surface area contributed by atoms with Crippen molar-refractivity contribution < 1.29 is 9.53 Å². The normalized spacial score (nSPS) is 10.4. The number of nitrogens with zero attached hydrogens (tertiary/aromatic N) is 2. The minimum Gasteiger partial charge on any atom is -0.492 e. The Hall–Kier alpha value is -2.99. The SMILES string of the molecule is O=C(NCCOc1ccc(Cl)cc1)NCc1cccc(Cn2ccnc2)c1. The Kier molecular flexibility index (Phi) is 6.71. The van der Waals surface area contributed by atoms with E-state index < -0.39 is 0 Å². The number of ether oxygens (including phenoxy) is 1. The summed E-state index contributed by atoms with van der Waals surface area (Å²) in [6.07, 6.45) is 5.46. The molecule has 3 rings (SSSR count). The molecule has 3 aromatic rings. The van der Waals surface area contributed by atoms with E-state index in [1.165, 1.54) is 0 Å². The van der Waals surface area contributed by atoms with E-state index in [4.69, 9.17) is 16.3 Å². The van der Waals surface area contributed by atoms with Crippen LogP contribution in [0.25, 0.3) is 0 Å². The van der Waals surface area contributed by atoms with E-state index in [0.29, 0.717) is 24.7 Å². The van der Waals surface area contributed by atoms with Crippen LogP contribution in [0.1, 0.15) is 11.1 Å². The average Bonchev–Trinajstić information content (AvgIpc) is 3.18. The number of carbonyl (C=O) groups is 1. The van der Waals surface area contributed by atoms with Gasteiger partial charge in [0.15, 0.2) is 0 Å². The molecule has 0 aliphatic rings. The molecular formula is C20H21ClN4O2. The van der Waals surface area contributed by atoms with Gasteiger partial charge in [0.25, 0.3) is 0 Å². The lowest BCUT2D eigenvalue weighted by Crippen LogP contribution is -2.37. The summed E-state index contributed by atoms with van der Waals surface area (Å²) in [5, 5.41) is 6.28. The van der Waals surface area contributed by atoms with Gasteiger partial charge < -0.3 is 19.9 Å². The number of halogens is 1. The Morgan fingerprint density at radius 1 is 1.11 bits per heavy atom.